The zero-order chi connectivity index (χ0) is 17.0. The molecule has 1 amide bonds. The van der Waals surface area contributed by atoms with Crippen molar-refractivity contribution in [1.82, 2.24) is 15.1 Å². The second-order valence-electron chi connectivity index (χ2n) is 7.05. The predicted octanol–water partition coefficient (Wildman–Crippen LogP) is 0.764. The number of hydrogen-bond donors (Lipinski definition) is 1. The Morgan fingerprint density at radius 3 is 2.42 bits per heavy atom. The first kappa shape index (κ1) is 21.7. The molecular weight excluding hydrogens is 350 g/mol. The average Bonchev–Trinajstić information content (AvgIpc) is 2.91. The highest BCUT2D eigenvalue weighted by Gasteiger charge is 2.35. The number of likely N-dealkylation sites (tertiary alicyclic amines) is 1. The number of carbonyl (C=O) groups excluding carboxylic acids is 1. The first-order valence-electron chi connectivity index (χ1n) is 8.70. The molecule has 0 aromatic heterocycles. The number of piperidine rings is 1. The van der Waals surface area contributed by atoms with E-state index >= 15 is 0 Å². The van der Waals surface area contributed by atoms with Gasteiger partial charge in [0.25, 0.3) is 0 Å². The number of amides is 1. The standard InChI is InChI=1S/C16H31N3O3S.ClH/c1-13(19-9-5-14(6-10-19)4-8-17-2)16(20)18(3)15-7-11-23(21,22)12-15;/h13-15,17H,4-12H2,1-3H3;1H. The van der Waals surface area contributed by atoms with E-state index in [0.717, 1.165) is 38.4 Å². The SMILES string of the molecule is CNCCC1CCN(C(C)C(=O)N(C)C2CCS(=O)(=O)C2)CC1.Cl. The summed E-state index contributed by atoms with van der Waals surface area (Å²) in [6.07, 6.45) is 4.05. The first-order chi connectivity index (χ1) is 10.8. The molecule has 8 heteroatoms. The van der Waals surface area contributed by atoms with Crippen LogP contribution in [0.4, 0.5) is 0 Å². The Morgan fingerprint density at radius 2 is 1.92 bits per heavy atom. The molecule has 0 radical (unpaired) electrons. The van der Waals surface area contributed by atoms with Gasteiger partial charge in [-0.2, -0.15) is 0 Å². The van der Waals surface area contributed by atoms with Crippen LogP contribution in [0.1, 0.15) is 32.6 Å². The smallest absolute Gasteiger partial charge is 0.239 e. The Kier molecular flexibility index (Phi) is 8.45. The van der Waals surface area contributed by atoms with Crippen LogP contribution >= 0.6 is 12.4 Å². The van der Waals surface area contributed by atoms with Crippen molar-refractivity contribution >= 4 is 28.2 Å². The number of nitrogens with one attached hydrogen (secondary N) is 1. The molecule has 2 unspecified atom stereocenters. The van der Waals surface area contributed by atoms with Crippen LogP contribution in [-0.4, -0.2) is 81.4 Å². The summed E-state index contributed by atoms with van der Waals surface area (Å²) in [5.74, 6) is 1.13. The minimum absolute atomic E-state index is 0. The van der Waals surface area contributed by atoms with Gasteiger partial charge in [0, 0.05) is 13.1 Å². The van der Waals surface area contributed by atoms with Crippen LogP contribution in [-0.2, 0) is 14.6 Å². The molecule has 0 aromatic rings. The van der Waals surface area contributed by atoms with Gasteiger partial charge in [-0.15, -0.1) is 12.4 Å². The van der Waals surface area contributed by atoms with Crippen LogP contribution in [0, 0.1) is 5.92 Å². The quantitative estimate of drug-likeness (QED) is 0.735. The van der Waals surface area contributed by atoms with Gasteiger partial charge in [-0.05, 0) is 65.2 Å². The predicted molar refractivity (Wildman–Crippen MR) is 99.4 cm³/mol. The van der Waals surface area contributed by atoms with Gasteiger partial charge >= 0.3 is 0 Å². The highest BCUT2D eigenvalue weighted by molar-refractivity contribution is 7.91. The van der Waals surface area contributed by atoms with Crippen molar-refractivity contribution < 1.29 is 13.2 Å². The molecule has 142 valence electrons. The minimum atomic E-state index is -2.95. The first-order valence-corrected chi connectivity index (χ1v) is 10.5. The van der Waals surface area contributed by atoms with Gasteiger partial charge in [0.2, 0.25) is 5.91 Å². The molecule has 24 heavy (non-hydrogen) atoms. The van der Waals surface area contributed by atoms with E-state index in [1.807, 2.05) is 14.0 Å². The Balaban J connectivity index is 0.00000288. The Bertz CT molecular complexity index is 507. The van der Waals surface area contributed by atoms with Crippen LogP contribution in [0.25, 0.3) is 0 Å². The molecule has 2 fully saturated rings. The molecule has 0 saturated carbocycles. The van der Waals surface area contributed by atoms with Gasteiger partial charge in [-0.25, -0.2) is 8.42 Å². The lowest BCUT2D eigenvalue weighted by molar-refractivity contribution is -0.137. The summed E-state index contributed by atoms with van der Waals surface area (Å²) < 4.78 is 23.2. The summed E-state index contributed by atoms with van der Waals surface area (Å²) in [6, 6.07) is -0.309. The average molecular weight is 382 g/mol. The molecule has 2 saturated heterocycles. The summed E-state index contributed by atoms with van der Waals surface area (Å²) in [7, 11) is 0.781. The summed E-state index contributed by atoms with van der Waals surface area (Å²) in [6.45, 7) is 4.92. The fraction of sp³-hybridized carbons (Fsp3) is 0.938. The fourth-order valence-corrected chi connectivity index (χ4v) is 5.46. The van der Waals surface area contributed by atoms with Crippen LogP contribution in [0.5, 0.6) is 0 Å². The molecule has 6 nitrogen and oxygen atoms in total. The third kappa shape index (κ3) is 5.58. The minimum Gasteiger partial charge on any atom is -0.340 e. The summed E-state index contributed by atoms with van der Waals surface area (Å²) in [5, 5.41) is 3.20. The van der Waals surface area contributed by atoms with E-state index in [9.17, 15) is 13.2 Å². The lowest BCUT2D eigenvalue weighted by atomic mass is 9.92. The van der Waals surface area contributed by atoms with E-state index in [2.05, 4.69) is 10.2 Å². The number of nitrogens with zero attached hydrogens (tertiary/aromatic N) is 2. The summed E-state index contributed by atoms with van der Waals surface area (Å²) in [5.41, 5.74) is 0. The van der Waals surface area contributed by atoms with Gasteiger partial charge in [0.05, 0.1) is 17.5 Å². The van der Waals surface area contributed by atoms with Crippen molar-refractivity contribution in [2.45, 2.75) is 44.7 Å². The monoisotopic (exact) mass is 381 g/mol. The molecule has 0 spiro atoms. The third-order valence-electron chi connectivity index (χ3n) is 5.46. The van der Waals surface area contributed by atoms with Gasteiger partial charge < -0.3 is 10.2 Å². The summed E-state index contributed by atoms with van der Waals surface area (Å²) in [4.78, 5) is 16.6. The van der Waals surface area contributed by atoms with E-state index in [1.54, 1.807) is 11.9 Å². The Labute approximate surface area is 152 Å². The van der Waals surface area contributed by atoms with E-state index in [0.29, 0.717) is 6.42 Å². The maximum Gasteiger partial charge on any atom is 0.239 e. The van der Waals surface area contributed by atoms with Gasteiger partial charge in [0.15, 0.2) is 9.84 Å². The van der Waals surface area contributed by atoms with E-state index in [-0.39, 0.29) is 41.9 Å². The maximum atomic E-state index is 12.7. The molecule has 2 heterocycles. The number of likely N-dealkylation sites (N-methyl/N-ethyl adjacent to an activating group) is 1. The van der Waals surface area contributed by atoms with E-state index in [4.69, 9.17) is 0 Å². The Hall–Kier alpha value is -0.370. The fourth-order valence-electron chi connectivity index (χ4n) is 3.69. The molecule has 0 bridgehead atoms. The number of hydrogen-bond acceptors (Lipinski definition) is 5. The summed E-state index contributed by atoms with van der Waals surface area (Å²) >= 11 is 0. The topological polar surface area (TPSA) is 69.7 Å². The molecule has 1 N–H and O–H groups in total. The van der Waals surface area contributed by atoms with Gasteiger partial charge in [0.1, 0.15) is 0 Å². The van der Waals surface area contributed by atoms with Crippen molar-refractivity contribution in [2.75, 3.05) is 45.2 Å². The molecule has 2 aliphatic rings. The highest BCUT2D eigenvalue weighted by atomic mass is 35.5. The number of carbonyl (C=O) groups is 1. The zero-order valence-electron chi connectivity index (χ0n) is 15.0. The van der Waals surface area contributed by atoms with Crippen LogP contribution in [0.3, 0.4) is 0 Å². The molecular formula is C16H32ClN3O3S. The van der Waals surface area contributed by atoms with E-state index < -0.39 is 9.84 Å². The van der Waals surface area contributed by atoms with Crippen LogP contribution in [0.2, 0.25) is 0 Å². The second-order valence-corrected chi connectivity index (χ2v) is 9.28. The molecule has 0 aromatic carbocycles. The lowest BCUT2D eigenvalue weighted by Crippen LogP contribution is -2.51. The van der Waals surface area contributed by atoms with Gasteiger partial charge in [-0.3, -0.25) is 9.69 Å². The largest absolute Gasteiger partial charge is 0.340 e. The number of rotatable bonds is 6. The Morgan fingerprint density at radius 1 is 1.29 bits per heavy atom. The van der Waals surface area contributed by atoms with Gasteiger partial charge in [-0.1, -0.05) is 0 Å². The number of halogens is 1. The molecule has 2 aliphatic heterocycles. The lowest BCUT2D eigenvalue weighted by Gasteiger charge is -2.37. The second kappa shape index (κ2) is 9.36. The number of sulfone groups is 1. The molecule has 0 aliphatic carbocycles. The van der Waals surface area contributed by atoms with Crippen molar-refractivity contribution in [2.24, 2.45) is 5.92 Å². The van der Waals surface area contributed by atoms with Crippen LogP contribution < -0.4 is 5.32 Å². The molecule has 2 rings (SSSR count). The maximum absolute atomic E-state index is 12.7. The zero-order valence-corrected chi connectivity index (χ0v) is 16.7. The van der Waals surface area contributed by atoms with Crippen molar-refractivity contribution in [1.29, 1.82) is 0 Å². The van der Waals surface area contributed by atoms with E-state index in [1.165, 1.54) is 6.42 Å². The highest BCUT2D eigenvalue weighted by Crippen LogP contribution is 2.23. The van der Waals surface area contributed by atoms with Crippen LogP contribution in [0.15, 0.2) is 0 Å². The van der Waals surface area contributed by atoms with Crippen molar-refractivity contribution in [3.05, 3.63) is 0 Å². The van der Waals surface area contributed by atoms with Crippen molar-refractivity contribution in [3.8, 4) is 0 Å². The van der Waals surface area contributed by atoms with Crippen molar-refractivity contribution in [3.63, 3.8) is 0 Å². The third-order valence-corrected chi connectivity index (χ3v) is 7.21. The normalized spacial score (nSPS) is 25.9. The molecule has 2 atom stereocenters.